The molecule has 0 unspecified atom stereocenters. The Kier molecular flexibility index (Phi) is 6.59. The minimum atomic E-state index is -1.19. The number of aliphatic imine (C=N–C) groups is 1. The van der Waals surface area contributed by atoms with Gasteiger partial charge in [0, 0.05) is 12.8 Å². The summed E-state index contributed by atoms with van der Waals surface area (Å²) >= 11 is 0. The van der Waals surface area contributed by atoms with Crippen LogP contribution in [0.25, 0.3) is 0 Å². The van der Waals surface area contributed by atoms with Crippen LogP contribution in [0.15, 0.2) is 65.7 Å². The van der Waals surface area contributed by atoms with Gasteiger partial charge in [0.25, 0.3) is 0 Å². The van der Waals surface area contributed by atoms with Crippen molar-refractivity contribution < 1.29 is 23.8 Å². The Labute approximate surface area is 180 Å². The zero-order valence-corrected chi connectivity index (χ0v) is 17.1. The Morgan fingerprint density at radius 1 is 1.10 bits per heavy atom. The van der Waals surface area contributed by atoms with Gasteiger partial charge in [-0.25, -0.2) is 9.79 Å². The van der Waals surface area contributed by atoms with Gasteiger partial charge in [0.15, 0.2) is 5.78 Å². The summed E-state index contributed by atoms with van der Waals surface area (Å²) in [5.74, 6) is 0.0836. The number of benzene rings is 2. The van der Waals surface area contributed by atoms with Crippen LogP contribution >= 0.6 is 0 Å². The average molecular weight is 423 g/mol. The number of hydrogen-bond donors (Lipinski definition) is 2. The predicted molar refractivity (Wildman–Crippen MR) is 113 cm³/mol. The summed E-state index contributed by atoms with van der Waals surface area (Å²) in [5.41, 5.74) is 0.727. The molecule has 1 amide bonds. The van der Waals surface area contributed by atoms with E-state index in [1.54, 1.807) is 0 Å². The number of hydrogen-bond acceptors (Lipinski definition) is 7. The second-order valence-corrected chi connectivity index (χ2v) is 7.50. The third kappa shape index (κ3) is 5.48. The van der Waals surface area contributed by atoms with Gasteiger partial charge in [-0.15, -0.1) is 0 Å². The maximum absolute atomic E-state index is 12.5. The number of amides is 1. The van der Waals surface area contributed by atoms with E-state index in [-0.39, 0.29) is 24.4 Å². The van der Waals surface area contributed by atoms with Crippen molar-refractivity contribution in [1.82, 2.24) is 10.6 Å². The Morgan fingerprint density at radius 2 is 1.77 bits per heavy atom. The van der Waals surface area contributed by atoms with E-state index in [9.17, 15) is 9.59 Å². The number of ketones is 1. The highest BCUT2D eigenvalue weighted by atomic mass is 16.6. The first-order valence-electron chi connectivity index (χ1n) is 10.3. The number of carbonyl (C=O) groups excluding carboxylic acids is 2. The third-order valence-corrected chi connectivity index (χ3v) is 5.14. The largest absolute Gasteiger partial charge is 0.444 e. The van der Waals surface area contributed by atoms with Gasteiger partial charge in [0.2, 0.25) is 11.7 Å². The molecule has 162 valence electrons. The fraction of sp³-hybridized carbons (Fsp3) is 0.348. The maximum atomic E-state index is 12.5. The lowest BCUT2D eigenvalue weighted by atomic mass is 9.98. The monoisotopic (exact) mass is 423 g/mol. The number of ether oxygens (including phenoxy) is 3. The molecule has 0 aromatic heterocycles. The molecule has 8 nitrogen and oxygen atoms in total. The molecule has 4 rings (SSSR count). The van der Waals surface area contributed by atoms with Gasteiger partial charge in [-0.2, -0.15) is 0 Å². The Morgan fingerprint density at radius 3 is 2.42 bits per heavy atom. The number of carbonyl (C=O) groups is 2. The van der Waals surface area contributed by atoms with E-state index in [2.05, 4.69) is 15.6 Å². The molecule has 0 radical (unpaired) electrons. The van der Waals surface area contributed by atoms with Crippen molar-refractivity contribution in [2.45, 2.75) is 37.8 Å². The minimum Gasteiger partial charge on any atom is -0.444 e. The van der Waals surface area contributed by atoms with E-state index in [0.29, 0.717) is 32.7 Å². The first-order chi connectivity index (χ1) is 15.1. The lowest BCUT2D eigenvalue weighted by Gasteiger charge is -2.35. The normalized spacial score (nSPS) is 22.6. The summed E-state index contributed by atoms with van der Waals surface area (Å²) in [7, 11) is 0. The predicted octanol–water partition coefficient (Wildman–Crippen LogP) is 2.53. The van der Waals surface area contributed by atoms with Gasteiger partial charge >= 0.3 is 6.09 Å². The van der Waals surface area contributed by atoms with Crippen molar-refractivity contribution in [2.24, 2.45) is 4.99 Å². The van der Waals surface area contributed by atoms with Crippen LogP contribution in [0.3, 0.4) is 0 Å². The van der Waals surface area contributed by atoms with E-state index >= 15 is 0 Å². The van der Waals surface area contributed by atoms with E-state index in [1.807, 2.05) is 60.7 Å². The summed E-state index contributed by atoms with van der Waals surface area (Å²) in [6.45, 7) is 1.18. The van der Waals surface area contributed by atoms with Crippen LogP contribution < -0.4 is 10.6 Å². The molecule has 8 heteroatoms. The number of alkyl carbamates (subject to hydrolysis) is 1. The van der Waals surface area contributed by atoms with Crippen molar-refractivity contribution >= 4 is 17.8 Å². The summed E-state index contributed by atoms with van der Waals surface area (Å²) in [6.07, 6.45) is -0.0113. The van der Waals surface area contributed by atoms with Crippen LogP contribution in [0.1, 0.15) is 24.0 Å². The van der Waals surface area contributed by atoms with E-state index in [4.69, 9.17) is 14.2 Å². The van der Waals surface area contributed by atoms with E-state index in [1.165, 1.54) is 0 Å². The second-order valence-electron chi connectivity index (χ2n) is 7.50. The highest BCUT2D eigenvalue weighted by molar-refractivity contribution is 5.99. The van der Waals surface area contributed by atoms with Crippen molar-refractivity contribution in [2.75, 3.05) is 13.2 Å². The molecule has 2 aliphatic heterocycles. The third-order valence-electron chi connectivity index (χ3n) is 5.14. The first kappa shape index (κ1) is 21.0. The minimum absolute atomic E-state index is 0.0626. The molecule has 2 heterocycles. The summed E-state index contributed by atoms with van der Waals surface area (Å²) in [6, 6.07) is 18.8. The van der Waals surface area contributed by atoms with Crippen LogP contribution in [0.4, 0.5) is 4.79 Å². The summed E-state index contributed by atoms with van der Waals surface area (Å²) in [5, 5.41) is 5.55. The molecule has 2 aromatic carbocycles. The highest BCUT2D eigenvalue weighted by Gasteiger charge is 2.48. The molecule has 1 fully saturated rings. The molecular formula is C23H25N3O5. The summed E-state index contributed by atoms with van der Waals surface area (Å²) in [4.78, 5) is 29.3. The van der Waals surface area contributed by atoms with Gasteiger partial charge in [0.1, 0.15) is 6.61 Å². The standard InChI is InChI=1S/C23H25N3O5/c27-20-11-12-31-23(20)13-19(16-29-14-17-7-3-1-4-8-17)24-21(26-23)25-22(28)30-15-18-9-5-2-6-10-18/h1-10,19H,11-16H2,(H2,24,25,26,28)/t19-,23-/m1/s1. The number of rotatable bonds is 6. The molecule has 2 N–H and O–H groups in total. The van der Waals surface area contributed by atoms with Crippen LogP contribution in [-0.2, 0) is 32.2 Å². The SMILES string of the molecule is O=C(NC1=N[C@@H](COCc2ccccc2)C[C@@]2(N1)OCCC2=O)OCc1ccccc1. The summed E-state index contributed by atoms with van der Waals surface area (Å²) < 4.78 is 16.8. The first-order valence-corrected chi connectivity index (χ1v) is 10.3. The molecule has 31 heavy (non-hydrogen) atoms. The van der Waals surface area contributed by atoms with Crippen molar-refractivity contribution in [3.63, 3.8) is 0 Å². The lowest BCUT2D eigenvalue weighted by Crippen LogP contribution is -2.62. The quantitative estimate of drug-likeness (QED) is 0.741. The number of nitrogens with zero attached hydrogens (tertiary/aromatic N) is 1. The lowest BCUT2D eigenvalue weighted by molar-refractivity contribution is -0.135. The highest BCUT2D eigenvalue weighted by Crippen LogP contribution is 2.28. The molecule has 2 atom stereocenters. The van der Waals surface area contributed by atoms with E-state index < -0.39 is 11.8 Å². The number of Topliss-reactive ketones (excluding diaryl/α,β-unsaturated/α-hetero) is 1. The van der Waals surface area contributed by atoms with Gasteiger partial charge in [-0.05, 0) is 11.1 Å². The molecule has 0 aliphatic carbocycles. The molecule has 2 aromatic rings. The molecule has 0 saturated carbocycles. The fourth-order valence-electron chi connectivity index (χ4n) is 3.62. The van der Waals surface area contributed by atoms with Crippen LogP contribution in [-0.4, -0.2) is 42.8 Å². The zero-order chi connectivity index (χ0) is 21.5. The van der Waals surface area contributed by atoms with Crippen LogP contribution in [0.2, 0.25) is 0 Å². The molecule has 0 bridgehead atoms. The van der Waals surface area contributed by atoms with Crippen LogP contribution in [0.5, 0.6) is 0 Å². The second kappa shape index (κ2) is 9.72. The van der Waals surface area contributed by atoms with Crippen molar-refractivity contribution in [1.29, 1.82) is 0 Å². The molecule has 2 aliphatic rings. The van der Waals surface area contributed by atoms with Gasteiger partial charge in [-0.3, -0.25) is 10.1 Å². The zero-order valence-electron chi connectivity index (χ0n) is 17.1. The fourth-order valence-corrected chi connectivity index (χ4v) is 3.62. The van der Waals surface area contributed by atoms with Gasteiger partial charge in [0.05, 0.1) is 25.9 Å². The van der Waals surface area contributed by atoms with Gasteiger partial charge < -0.3 is 19.5 Å². The van der Waals surface area contributed by atoms with Crippen molar-refractivity contribution in [3.8, 4) is 0 Å². The Balaban J connectivity index is 1.37. The molecular weight excluding hydrogens is 398 g/mol. The Hall–Kier alpha value is -3.23. The van der Waals surface area contributed by atoms with E-state index in [0.717, 1.165) is 11.1 Å². The van der Waals surface area contributed by atoms with Gasteiger partial charge in [-0.1, -0.05) is 60.7 Å². The topological polar surface area (TPSA) is 98.3 Å². The number of nitrogens with one attached hydrogen (secondary N) is 2. The average Bonchev–Trinajstić information content (AvgIpc) is 3.12. The Bertz CT molecular complexity index is 935. The number of guanidine groups is 1. The van der Waals surface area contributed by atoms with Crippen LogP contribution in [0, 0.1) is 0 Å². The maximum Gasteiger partial charge on any atom is 0.414 e. The molecule has 1 spiro atoms. The van der Waals surface area contributed by atoms with Crippen molar-refractivity contribution in [3.05, 3.63) is 71.8 Å². The molecule has 1 saturated heterocycles. The smallest absolute Gasteiger partial charge is 0.414 e.